The van der Waals surface area contributed by atoms with E-state index in [2.05, 4.69) is 10.1 Å². The van der Waals surface area contributed by atoms with E-state index in [-0.39, 0.29) is 10.5 Å². The van der Waals surface area contributed by atoms with Gasteiger partial charge in [0.05, 0.1) is 16.1 Å². The number of carbonyl (C=O) groups is 2. The molecule has 1 saturated heterocycles. The molecule has 3 aromatic rings. The molecule has 160 valence electrons. The Labute approximate surface area is 179 Å². The average molecular weight is 440 g/mol. The van der Waals surface area contributed by atoms with E-state index in [1.165, 1.54) is 41.2 Å². The number of esters is 1. The SMILES string of the molecule is O=C(COC(=O)c1ccc(-n2cncn2)cc1)c1ccc(S(=O)(=O)N2CCCC2)cc1. The predicted octanol–water partition coefficient (Wildman–Crippen LogP) is 2.09. The van der Waals surface area contributed by atoms with Crippen LogP contribution in [0.2, 0.25) is 0 Å². The highest BCUT2D eigenvalue weighted by Crippen LogP contribution is 2.21. The van der Waals surface area contributed by atoms with Crippen molar-refractivity contribution in [2.75, 3.05) is 19.7 Å². The van der Waals surface area contributed by atoms with Crippen molar-refractivity contribution in [3.05, 3.63) is 72.3 Å². The monoisotopic (exact) mass is 440 g/mol. The lowest BCUT2D eigenvalue weighted by molar-refractivity contribution is 0.0475. The lowest BCUT2D eigenvalue weighted by atomic mass is 10.1. The van der Waals surface area contributed by atoms with Crippen molar-refractivity contribution in [1.29, 1.82) is 0 Å². The van der Waals surface area contributed by atoms with Crippen molar-refractivity contribution in [3.8, 4) is 5.69 Å². The molecule has 10 heteroatoms. The normalized spacial score (nSPS) is 14.5. The number of benzene rings is 2. The van der Waals surface area contributed by atoms with Gasteiger partial charge >= 0.3 is 5.97 Å². The summed E-state index contributed by atoms with van der Waals surface area (Å²) < 4.78 is 33.2. The van der Waals surface area contributed by atoms with Crippen LogP contribution in [0.15, 0.2) is 66.1 Å². The number of aromatic nitrogens is 3. The summed E-state index contributed by atoms with van der Waals surface area (Å²) in [5.41, 5.74) is 1.30. The Bertz CT molecular complexity index is 1170. The number of carbonyl (C=O) groups excluding carboxylic acids is 2. The highest BCUT2D eigenvalue weighted by molar-refractivity contribution is 7.89. The Morgan fingerprint density at radius 3 is 2.19 bits per heavy atom. The van der Waals surface area contributed by atoms with Gasteiger partial charge in [-0.3, -0.25) is 4.79 Å². The topological polar surface area (TPSA) is 111 Å². The maximum Gasteiger partial charge on any atom is 0.338 e. The van der Waals surface area contributed by atoms with E-state index in [1.54, 1.807) is 28.9 Å². The van der Waals surface area contributed by atoms with Gasteiger partial charge in [-0.1, -0.05) is 0 Å². The number of Topliss-reactive ketones (excluding diaryl/α,β-unsaturated/α-hetero) is 1. The summed E-state index contributed by atoms with van der Waals surface area (Å²) in [5, 5.41) is 4.00. The van der Waals surface area contributed by atoms with Crippen LogP contribution in [0, 0.1) is 0 Å². The summed E-state index contributed by atoms with van der Waals surface area (Å²) in [5.74, 6) is -1.05. The van der Waals surface area contributed by atoms with Crippen LogP contribution >= 0.6 is 0 Å². The summed E-state index contributed by atoms with van der Waals surface area (Å²) in [4.78, 5) is 28.6. The molecular formula is C21H20N4O5S. The summed E-state index contributed by atoms with van der Waals surface area (Å²) >= 11 is 0. The molecule has 31 heavy (non-hydrogen) atoms. The molecule has 1 aromatic heterocycles. The standard InChI is InChI=1S/C21H20N4O5S/c26-20(16-5-9-19(10-6-16)31(28,29)24-11-1-2-12-24)13-30-21(27)17-3-7-18(8-4-17)25-15-22-14-23-25/h3-10,14-15H,1-2,11-13H2. The van der Waals surface area contributed by atoms with Gasteiger partial charge in [0.15, 0.2) is 12.4 Å². The van der Waals surface area contributed by atoms with Gasteiger partial charge in [0.2, 0.25) is 10.0 Å². The van der Waals surface area contributed by atoms with Crippen molar-refractivity contribution < 1.29 is 22.7 Å². The van der Waals surface area contributed by atoms with Crippen LogP contribution in [0.4, 0.5) is 0 Å². The minimum atomic E-state index is -3.54. The van der Waals surface area contributed by atoms with Crippen LogP contribution in [0.25, 0.3) is 5.69 Å². The summed E-state index contributed by atoms with van der Waals surface area (Å²) in [6, 6.07) is 12.2. The van der Waals surface area contributed by atoms with Crippen molar-refractivity contribution >= 4 is 21.8 Å². The second kappa shape index (κ2) is 8.78. The number of hydrogen-bond donors (Lipinski definition) is 0. The molecule has 0 bridgehead atoms. The Morgan fingerprint density at radius 2 is 1.58 bits per heavy atom. The molecule has 0 saturated carbocycles. The molecule has 9 nitrogen and oxygen atoms in total. The first kappa shape index (κ1) is 20.9. The molecule has 1 aliphatic heterocycles. The largest absolute Gasteiger partial charge is 0.454 e. The first-order chi connectivity index (χ1) is 14.9. The lowest BCUT2D eigenvalue weighted by Gasteiger charge is -2.15. The highest BCUT2D eigenvalue weighted by atomic mass is 32.2. The zero-order chi connectivity index (χ0) is 21.8. The van der Waals surface area contributed by atoms with E-state index in [0.717, 1.165) is 18.5 Å². The lowest BCUT2D eigenvalue weighted by Crippen LogP contribution is -2.27. The fourth-order valence-corrected chi connectivity index (χ4v) is 4.80. The number of ether oxygens (including phenoxy) is 1. The number of sulfonamides is 1. The maximum atomic E-state index is 12.5. The number of nitrogens with zero attached hydrogens (tertiary/aromatic N) is 4. The second-order valence-electron chi connectivity index (χ2n) is 7.02. The van der Waals surface area contributed by atoms with Gasteiger partial charge in [0.25, 0.3) is 0 Å². The molecule has 1 fully saturated rings. The fourth-order valence-electron chi connectivity index (χ4n) is 3.28. The molecule has 0 unspecified atom stereocenters. The molecule has 2 aromatic carbocycles. The van der Waals surface area contributed by atoms with Gasteiger partial charge in [-0.25, -0.2) is 22.9 Å². The van der Waals surface area contributed by atoms with Gasteiger partial charge in [0.1, 0.15) is 12.7 Å². The van der Waals surface area contributed by atoms with E-state index >= 15 is 0 Å². The maximum absolute atomic E-state index is 12.5. The molecule has 0 atom stereocenters. The third-order valence-corrected chi connectivity index (χ3v) is 6.91. The quantitative estimate of drug-likeness (QED) is 0.408. The van der Waals surface area contributed by atoms with Crippen LogP contribution in [0.5, 0.6) is 0 Å². The molecular weight excluding hydrogens is 420 g/mol. The smallest absolute Gasteiger partial charge is 0.338 e. The van der Waals surface area contributed by atoms with Crippen molar-refractivity contribution in [2.45, 2.75) is 17.7 Å². The van der Waals surface area contributed by atoms with Crippen LogP contribution in [-0.2, 0) is 14.8 Å². The zero-order valence-corrected chi connectivity index (χ0v) is 17.4. The third-order valence-electron chi connectivity index (χ3n) is 5.00. The van der Waals surface area contributed by atoms with E-state index in [1.807, 2.05) is 0 Å². The van der Waals surface area contributed by atoms with E-state index in [0.29, 0.717) is 18.7 Å². The summed E-state index contributed by atoms with van der Waals surface area (Å²) in [6.07, 6.45) is 4.64. The molecule has 0 N–H and O–H groups in total. The number of hydrogen-bond acceptors (Lipinski definition) is 7. The van der Waals surface area contributed by atoms with E-state index < -0.39 is 28.4 Å². The Kier molecular flexibility index (Phi) is 5.92. The van der Waals surface area contributed by atoms with Crippen molar-refractivity contribution in [2.24, 2.45) is 0 Å². The third kappa shape index (κ3) is 4.54. The van der Waals surface area contributed by atoms with Gasteiger partial charge in [-0.15, -0.1) is 0 Å². The minimum Gasteiger partial charge on any atom is -0.454 e. The molecule has 0 spiro atoms. The van der Waals surface area contributed by atoms with Gasteiger partial charge in [-0.2, -0.15) is 9.40 Å². The molecule has 0 amide bonds. The van der Waals surface area contributed by atoms with Crippen LogP contribution in [0.1, 0.15) is 33.6 Å². The van der Waals surface area contributed by atoms with E-state index in [4.69, 9.17) is 4.74 Å². The summed E-state index contributed by atoms with van der Waals surface area (Å²) in [6.45, 7) is 0.583. The minimum absolute atomic E-state index is 0.149. The first-order valence-corrected chi connectivity index (χ1v) is 11.1. The van der Waals surface area contributed by atoms with Crippen molar-refractivity contribution in [3.63, 3.8) is 0 Å². The average Bonchev–Trinajstić information content (AvgIpc) is 3.52. The molecule has 1 aliphatic rings. The predicted molar refractivity (Wildman–Crippen MR) is 110 cm³/mol. The zero-order valence-electron chi connectivity index (χ0n) is 16.5. The second-order valence-corrected chi connectivity index (χ2v) is 8.96. The molecule has 2 heterocycles. The van der Waals surface area contributed by atoms with E-state index in [9.17, 15) is 18.0 Å². The summed E-state index contributed by atoms with van der Waals surface area (Å²) in [7, 11) is -3.54. The van der Waals surface area contributed by atoms with Gasteiger partial charge < -0.3 is 4.74 Å². The Balaban J connectivity index is 1.35. The highest BCUT2D eigenvalue weighted by Gasteiger charge is 2.27. The Hall–Kier alpha value is -3.37. The number of rotatable bonds is 7. The van der Waals surface area contributed by atoms with Crippen LogP contribution in [-0.4, -0.2) is 58.9 Å². The van der Waals surface area contributed by atoms with Crippen LogP contribution < -0.4 is 0 Å². The number of ketones is 1. The Morgan fingerprint density at radius 1 is 0.935 bits per heavy atom. The molecule has 4 rings (SSSR count). The van der Waals surface area contributed by atoms with Gasteiger partial charge in [-0.05, 0) is 61.4 Å². The molecule has 0 radical (unpaired) electrons. The molecule has 0 aliphatic carbocycles. The van der Waals surface area contributed by atoms with Gasteiger partial charge in [0, 0.05) is 18.7 Å². The first-order valence-electron chi connectivity index (χ1n) is 9.71. The fraction of sp³-hybridized carbons (Fsp3) is 0.238. The van der Waals surface area contributed by atoms with Crippen LogP contribution in [0.3, 0.4) is 0 Å². The van der Waals surface area contributed by atoms with Crippen molar-refractivity contribution in [1.82, 2.24) is 19.1 Å².